The highest BCUT2D eigenvalue weighted by molar-refractivity contribution is 5.90. The van der Waals surface area contributed by atoms with E-state index in [0.717, 1.165) is 5.56 Å². The van der Waals surface area contributed by atoms with Gasteiger partial charge in [0.05, 0.1) is 11.8 Å². The summed E-state index contributed by atoms with van der Waals surface area (Å²) in [6.45, 7) is 11.3. The van der Waals surface area contributed by atoms with Crippen LogP contribution >= 0.6 is 0 Å². The minimum Gasteiger partial charge on any atom is -0.444 e. The van der Waals surface area contributed by atoms with Crippen molar-refractivity contribution in [3.8, 4) is 5.69 Å². The van der Waals surface area contributed by atoms with E-state index in [1.807, 2.05) is 12.1 Å². The van der Waals surface area contributed by atoms with Crippen molar-refractivity contribution in [3.63, 3.8) is 0 Å². The van der Waals surface area contributed by atoms with Gasteiger partial charge in [-0.25, -0.2) is 14.4 Å². The van der Waals surface area contributed by atoms with Crippen LogP contribution in [0.3, 0.4) is 0 Å². The van der Waals surface area contributed by atoms with Gasteiger partial charge in [0.1, 0.15) is 17.0 Å². The van der Waals surface area contributed by atoms with Gasteiger partial charge >= 0.3 is 17.8 Å². The highest BCUT2D eigenvalue weighted by atomic mass is 16.6. The molecule has 0 bridgehead atoms. The van der Waals surface area contributed by atoms with Crippen molar-refractivity contribution in [3.05, 3.63) is 52.6 Å². The van der Waals surface area contributed by atoms with Gasteiger partial charge in [-0.05, 0) is 71.7 Å². The molecule has 0 spiro atoms. The molecule has 39 heavy (non-hydrogen) atoms. The number of aliphatic hydroxyl groups excluding tert-OH is 1. The van der Waals surface area contributed by atoms with Crippen LogP contribution in [0, 0.1) is 0 Å². The van der Waals surface area contributed by atoms with Crippen LogP contribution < -0.4 is 16.3 Å². The largest absolute Gasteiger partial charge is 0.444 e. The van der Waals surface area contributed by atoms with Crippen LogP contribution in [0.15, 0.2) is 41.3 Å². The summed E-state index contributed by atoms with van der Waals surface area (Å²) in [6, 6.07) is 8.31. The summed E-state index contributed by atoms with van der Waals surface area (Å²) >= 11 is 0. The zero-order chi connectivity index (χ0) is 29.0. The number of ether oxygens (including phenoxy) is 1. The van der Waals surface area contributed by atoms with Crippen molar-refractivity contribution in [2.75, 3.05) is 31.5 Å². The van der Waals surface area contributed by atoms with Crippen LogP contribution in [-0.4, -0.2) is 85.9 Å². The molecule has 0 aliphatic carbocycles. The van der Waals surface area contributed by atoms with Gasteiger partial charge in [-0.3, -0.25) is 14.7 Å². The fourth-order valence-electron chi connectivity index (χ4n) is 4.11. The topological polar surface area (TPSA) is 146 Å². The Labute approximate surface area is 228 Å². The molecule has 212 valence electrons. The van der Waals surface area contributed by atoms with E-state index in [9.17, 15) is 24.3 Å². The summed E-state index contributed by atoms with van der Waals surface area (Å²) in [7, 11) is 0. The van der Waals surface area contributed by atoms with Crippen LogP contribution in [0.2, 0.25) is 0 Å². The first-order chi connectivity index (χ1) is 18.1. The molecule has 1 atom stereocenters. The molecule has 1 fully saturated rings. The summed E-state index contributed by atoms with van der Waals surface area (Å²) in [5.74, 6) is -0.161. The van der Waals surface area contributed by atoms with E-state index in [2.05, 4.69) is 15.6 Å². The maximum Gasteiger partial charge on any atom is 0.408 e. The number of urea groups is 1. The number of hydrogen-bond donors (Lipinski definition) is 3. The molecule has 1 unspecified atom stereocenters. The summed E-state index contributed by atoms with van der Waals surface area (Å²) in [4.78, 5) is 57.6. The maximum atomic E-state index is 13.0. The van der Waals surface area contributed by atoms with Gasteiger partial charge in [-0.15, -0.1) is 0 Å². The number of hydrogen-bond acceptors (Lipinski definition) is 7. The molecule has 2 heterocycles. The average Bonchev–Trinajstić information content (AvgIpc) is 2.82. The molecule has 3 rings (SSSR count). The van der Waals surface area contributed by atoms with Crippen molar-refractivity contribution in [1.82, 2.24) is 24.7 Å². The third kappa shape index (κ3) is 8.28. The molecule has 1 aliphatic heterocycles. The number of benzene rings is 1. The smallest absolute Gasteiger partial charge is 0.408 e. The number of carbonyl (C=O) groups excluding carboxylic acids is 3. The SMILES string of the molecule is CC(O)Cc1ccc(-n2ccc(NC(=O)N3CCN(C(=O)C(C)(C)NC(=O)OC(C)(C)C)CC3)nc2=O)cc1. The number of rotatable bonds is 6. The number of alkyl carbamates (subject to hydrolysis) is 1. The van der Waals surface area contributed by atoms with E-state index in [4.69, 9.17) is 4.74 Å². The molecular weight excluding hydrogens is 504 g/mol. The first-order valence-corrected chi connectivity index (χ1v) is 12.9. The fraction of sp³-hybridized carbons (Fsp3) is 0.519. The Balaban J connectivity index is 1.55. The minimum atomic E-state index is -1.18. The molecule has 2 aromatic rings. The van der Waals surface area contributed by atoms with Crippen LogP contribution in [0.4, 0.5) is 15.4 Å². The standard InChI is InChI=1S/C27H38N6O6/c1-18(34)17-19-7-9-20(10-8-19)33-12-11-21(29-24(33)37)28-23(36)32-15-13-31(14-16-32)22(35)27(5,6)30-25(38)39-26(2,3)4/h7-12,18,34H,13-17H2,1-6H3,(H,30,38)(H,28,29,36,37). The Morgan fingerprint density at radius 3 is 2.13 bits per heavy atom. The lowest BCUT2D eigenvalue weighted by atomic mass is 10.0. The van der Waals surface area contributed by atoms with E-state index < -0.39 is 35.1 Å². The van der Waals surface area contributed by atoms with Crippen LogP contribution in [0.5, 0.6) is 0 Å². The number of aliphatic hydroxyl groups is 1. The Kier molecular flexibility index (Phi) is 9.00. The number of amides is 4. The summed E-state index contributed by atoms with van der Waals surface area (Å²) in [5, 5.41) is 14.8. The second-order valence-corrected chi connectivity index (χ2v) is 11.1. The Morgan fingerprint density at radius 2 is 1.59 bits per heavy atom. The molecular formula is C27H38N6O6. The summed E-state index contributed by atoms with van der Waals surface area (Å²) < 4.78 is 6.61. The van der Waals surface area contributed by atoms with Gasteiger partial charge < -0.3 is 25.0 Å². The predicted molar refractivity (Wildman–Crippen MR) is 146 cm³/mol. The molecule has 12 heteroatoms. The van der Waals surface area contributed by atoms with Gasteiger partial charge in [-0.1, -0.05) is 12.1 Å². The molecule has 3 N–H and O–H groups in total. The first-order valence-electron chi connectivity index (χ1n) is 12.9. The lowest BCUT2D eigenvalue weighted by Crippen LogP contribution is -2.60. The highest BCUT2D eigenvalue weighted by Crippen LogP contribution is 2.15. The maximum absolute atomic E-state index is 13.0. The van der Waals surface area contributed by atoms with Crippen molar-refractivity contribution < 1.29 is 24.2 Å². The van der Waals surface area contributed by atoms with Crippen molar-refractivity contribution in [2.45, 2.75) is 65.2 Å². The van der Waals surface area contributed by atoms with Crippen molar-refractivity contribution in [2.24, 2.45) is 0 Å². The summed E-state index contributed by atoms with van der Waals surface area (Å²) in [6.07, 6.45) is 0.910. The van der Waals surface area contributed by atoms with E-state index in [0.29, 0.717) is 12.1 Å². The van der Waals surface area contributed by atoms with Gasteiger partial charge in [-0.2, -0.15) is 4.98 Å². The second-order valence-electron chi connectivity index (χ2n) is 11.1. The number of aromatic nitrogens is 2. The Hall–Kier alpha value is -3.93. The van der Waals surface area contributed by atoms with Crippen LogP contribution in [0.25, 0.3) is 5.69 Å². The van der Waals surface area contributed by atoms with E-state index in [1.165, 1.54) is 21.7 Å². The quantitative estimate of drug-likeness (QED) is 0.507. The zero-order valence-electron chi connectivity index (χ0n) is 23.4. The first kappa shape index (κ1) is 29.6. The third-order valence-corrected chi connectivity index (χ3v) is 5.99. The summed E-state index contributed by atoms with van der Waals surface area (Å²) in [5.41, 5.74) is -0.856. The predicted octanol–water partition coefficient (Wildman–Crippen LogP) is 2.14. The fourth-order valence-corrected chi connectivity index (χ4v) is 4.11. The lowest BCUT2D eigenvalue weighted by Gasteiger charge is -2.38. The Morgan fingerprint density at radius 1 is 1.00 bits per heavy atom. The third-order valence-electron chi connectivity index (χ3n) is 5.99. The number of anilines is 1. The highest BCUT2D eigenvalue weighted by Gasteiger charge is 2.36. The monoisotopic (exact) mass is 542 g/mol. The molecule has 1 aromatic carbocycles. The number of nitrogens with one attached hydrogen (secondary N) is 2. The molecule has 0 radical (unpaired) electrons. The van der Waals surface area contributed by atoms with E-state index in [1.54, 1.807) is 58.6 Å². The van der Waals surface area contributed by atoms with Gasteiger partial charge in [0.2, 0.25) is 5.91 Å². The van der Waals surface area contributed by atoms with Gasteiger partial charge in [0.15, 0.2) is 0 Å². The van der Waals surface area contributed by atoms with Crippen molar-refractivity contribution >= 4 is 23.8 Å². The average molecular weight is 543 g/mol. The minimum absolute atomic E-state index is 0.119. The molecule has 1 saturated heterocycles. The number of carbonyl (C=O) groups is 3. The van der Waals surface area contributed by atoms with Crippen LogP contribution in [-0.2, 0) is 16.0 Å². The van der Waals surface area contributed by atoms with E-state index in [-0.39, 0.29) is 37.9 Å². The molecule has 12 nitrogen and oxygen atoms in total. The zero-order valence-corrected chi connectivity index (χ0v) is 23.4. The second kappa shape index (κ2) is 11.9. The molecule has 1 aliphatic rings. The molecule has 0 saturated carbocycles. The molecule has 1 aromatic heterocycles. The van der Waals surface area contributed by atoms with Gasteiger partial charge in [0, 0.05) is 32.4 Å². The van der Waals surface area contributed by atoms with Gasteiger partial charge in [0.25, 0.3) is 0 Å². The van der Waals surface area contributed by atoms with Crippen LogP contribution in [0.1, 0.15) is 47.1 Å². The normalized spacial score (nSPS) is 14.9. The van der Waals surface area contributed by atoms with E-state index >= 15 is 0 Å². The number of piperazine rings is 1. The Bertz CT molecular complexity index is 1240. The number of nitrogens with zero attached hydrogens (tertiary/aromatic N) is 4. The lowest BCUT2D eigenvalue weighted by molar-refractivity contribution is -0.138. The molecule has 4 amide bonds. The van der Waals surface area contributed by atoms with Crippen molar-refractivity contribution in [1.29, 1.82) is 0 Å².